The molecular weight excluding hydrogens is 248 g/mol. The summed E-state index contributed by atoms with van der Waals surface area (Å²) in [5.41, 5.74) is 6.32. The largest absolute Gasteiger partial charge is 0.330 e. The maximum absolute atomic E-state index is 6.11. The summed E-state index contributed by atoms with van der Waals surface area (Å²) >= 11 is 6.11. The Morgan fingerprint density at radius 1 is 1.17 bits per heavy atom. The summed E-state index contributed by atoms with van der Waals surface area (Å²) in [5, 5.41) is 7.83. The van der Waals surface area contributed by atoms with Crippen LogP contribution in [-0.4, -0.2) is 21.7 Å². The molecule has 0 fully saturated rings. The highest BCUT2D eigenvalue weighted by Crippen LogP contribution is 2.24. The Hall–Kier alpha value is -1.39. The van der Waals surface area contributed by atoms with Crippen molar-refractivity contribution in [2.45, 2.75) is 25.7 Å². The van der Waals surface area contributed by atoms with Gasteiger partial charge in [-0.05, 0) is 31.5 Å². The van der Waals surface area contributed by atoms with E-state index >= 15 is 0 Å². The molecule has 1 aromatic carbocycles. The molecule has 2 rings (SSSR count). The van der Waals surface area contributed by atoms with Crippen molar-refractivity contribution in [3.63, 3.8) is 0 Å². The number of unbranched alkanes of at least 4 members (excludes halogenated alkanes) is 2. The van der Waals surface area contributed by atoms with Gasteiger partial charge in [-0.2, -0.15) is 5.10 Å². The summed E-state index contributed by atoms with van der Waals surface area (Å²) in [4.78, 5) is 4.46. The minimum Gasteiger partial charge on any atom is -0.330 e. The number of benzene rings is 1. The molecule has 18 heavy (non-hydrogen) atoms. The lowest BCUT2D eigenvalue weighted by Gasteiger charge is -1.97. The Bertz CT molecular complexity index is 495. The van der Waals surface area contributed by atoms with Crippen LogP contribution in [0.25, 0.3) is 11.4 Å². The van der Waals surface area contributed by atoms with Gasteiger partial charge in [0.05, 0.1) is 5.02 Å². The number of nitrogens with two attached hydrogens (primary N) is 1. The number of rotatable bonds is 6. The van der Waals surface area contributed by atoms with Gasteiger partial charge in [-0.3, -0.25) is 5.10 Å². The van der Waals surface area contributed by atoms with E-state index in [1.165, 1.54) is 0 Å². The van der Waals surface area contributed by atoms with Gasteiger partial charge in [0.1, 0.15) is 5.82 Å². The van der Waals surface area contributed by atoms with Gasteiger partial charge in [0.2, 0.25) is 0 Å². The van der Waals surface area contributed by atoms with Crippen LogP contribution in [0.2, 0.25) is 5.02 Å². The zero-order valence-corrected chi connectivity index (χ0v) is 11.0. The fourth-order valence-electron chi connectivity index (χ4n) is 1.78. The smallest absolute Gasteiger partial charge is 0.182 e. The van der Waals surface area contributed by atoms with E-state index in [1.807, 2.05) is 24.3 Å². The van der Waals surface area contributed by atoms with Gasteiger partial charge in [-0.1, -0.05) is 30.2 Å². The molecule has 4 nitrogen and oxygen atoms in total. The monoisotopic (exact) mass is 264 g/mol. The van der Waals surface area contributed by atoms with Crippen molar-refractivity contribution < 1.29 is 0 Å². The Labute approximate surface area is 112 Å². The molecule has 0 unspecified atom stereocenters. The van der Waals surface area contributed by atoms with E-state index in [4.69, 9.17) is 17.3 Å². The number of H-pyrrole nitrogens is 1. The number of aryl methyl sites for hydroxylation is 1. The third-order valence-corrected chi connectivity index (χ3v) is 3.09. The molecule has 1 heterocycles. The molecule has 0 aliphatic rings. The average molecular weight is 265 g/mol. The Kier molecular flexibility index (Phi) is 4.73. The van der Waals surface area contributed by atoms with Crippen molar-refractivity contribution in [2.24, 2.45) is 5.73 Å². The SMILES string of the molecule is NCCCCCc1nc(-c2ccccc2Cl)n[nH]1. The molecule has 0 aliphatic carbocycles. The maximum atomic E-state index is 6.11. The van der Waals surface area contributed by atoms with Crippen molar-refractivity contribution in [3.05, 3.63) is 35.1 Å². The van der Waals surface area contributed by atoms with Crippen molar-refractivity contribution in [2.75, 3.05) is 6.54 Å². The first kappa shape index (κ1) is 13.1. The molecule has 0 bridgehead atoms. The summed E-state index contributed by atoms with van der Waals surface area (Å²) < 4.78 is 0. The quantitative estimate of drug-likeness (QED) is 0.789. The fraction of sp³-hybridized carbons (Fsp3) is 0.385. The molecule has 0 aliphatic heterocycles. The second kappa shape index (κ2) is 6.52. The van der Waals surface area contributed by atoms with Crippen LogP contribution in [-0.2, 0) is 6.42 Å². The Morgan fingerprint density at radius 3 is 2.78 bits per heavy atom. The summed E-state index contributed by atoms with van der Waals surface area (Å²) in [6.07, 6.45) is 4.16. The molecular formula is C13H17ClN4. The highest BCUT2D eigenvalue weighted by atomic mass is 35.5. The van der Waals surface area contributed by atoms with Crippen LogP contribution in [0.15, 0.2) is 24.3 Å². The van der Waals surface area contributed by atoms with Gasteiger partial charge in [0, 0.05) is 12.0 Å². The number of nitrogens with one attached hydrogen (secondary N) is 1. The van der Waals surface area contributed by atoms with Gasteiger partial charge in [0.25, 0.3) is 0 Å². The molecule has 0 saturated heterocycles. The first-order valence-corrected chi connectivity index (χ1v) is 6.55. The van der Waals surface area contributed by atoms with E-state index in [1.54, 1.807) is 0 Å². The lowest BCUT2D eigenvalue weighted by Crippen LogP contribution is -1.98. The molecule has 0 radical (unpaired) electrons. The van der Waals surface area contributed by atoms with E-state index in [0.29, 0.717) is 10.8 Å². The molecule has 2 aromatic rings. The number of nitrogens with zero attached hydrogens (tertiary/aromatic N) is 2. The van der Waals surface area contributed by atoms with Gasteiger partial charge in [-0.25, -0.2) is 4.98 Å². The highest BCUT2D eigenvalue weighted by Gasteiger charge is 2.08. The van der Waals surface area contributed by atoms with E-state index in [2.05, 4.69) is 15.2 Å². The summed E-state index contributed by atoms with van der Waals surface area (Å²) in [6, 6.07) is 7.59. The minimum atomic E-state index is 0.662. The first-order chi connectivity index (χ1) is 8.81. The van der Waals surface area contributed by atoms with Crippen molar-refractivity contribution in [1.29, 1.82) is 0 Å². The predicted molar refractivity (Wildman–Crippen MR) is 73.4 cm³/mol. The molecule has 0 amide bonds. The molecule has 0 atom stereocenters. The van der Waals surface area contributed by atoms with Crippen LogP contribution >= 0.6 is 11.6 Å². The van der Waals surface area contributed by atoms with E-state index in [-0.39, 0.29) is 0 Å². The third kappa shape index (κ3) is 3.31. The molecule has 96 valence electrons. The summed E-state index contributed by atoms with van der Waals surface area (Å²) in [7, 11) is 0. The predicted octanol–water partition coefficient (Wildman–Crippen LogP) is 2.80. The number of hydrogen-bond donors (Lipinski definition) is 2. The zero-order valence-electron chi connectivity index (χ0n) is 10.2. The molecule has 0 spiro atoms. The number of aromatic amines is 1. The van der Waals surface area contributed by atoms with Crippen LogP contribution in [0, 0.1) is 0 Å². The minimum absolute atomic E-state index is 0.662. The standard InChI is InChI=1S/C13H17ClN4/c14-11-7-4-3-6-10(11)13-16-12(17-18-13)8-2-1-5-9-15/h3-4,6-7H,1-2,5,8-9,15H2,(H,16,17,18). The van der Waals surface area contributed by atoms with Crippen molar-refractivity contribution in [3.8, 4) is 11.4 Å². The zero-order chi connectivity index (χ0) is 12.8. The molecule has 3 N–H and O–H groups in total. The number of halogens is 1. The Balaban J connectivity index is 2.00. The van der Waals surface area contributed by atoms with Gasteiger partial charge < -0.3 is 5.73 Å². The lowest BCUT2D eigenvalue weighted by atomic mass is 10.2. The number of aromatic nitrogens is 3. The molecule has 0 saturated carbocycles. The van der Waals surface area contributed by atoms with E-state index in [0.717, 1.165) is 43.6 Å². The van der Waals surface area contributed by atoms with Gasteiger partial charge >= 0.3 is 0 Å². The number of hydrogen-bond acceptors (Lipinski definition) is 3. The topological polar surface area (TPSA) is 67.6 Å². The van der Waals surface area contributed by atoms with Crippen LogP contribution in [0.1, 0.15) is 25.1 Å². The van der Waals surface area contributed by atoms with Gasteiger partial charge in [-0.15, -0.1) is 0 Å². The maximum Gasteiger partial charge on any atom is 0.182 e. The van der Waals surface area contributed by atoms with Crippen molar-refractivity contribution in [1.82, 2.24) is 15.2 Å². The second-order valence-electron chi connectivity index (χ2n) is 4.18. The summed E-state index contributed by atoms with van der Waals surface area (Å²) in [5.74, 6) is 1.57. The third-order valence-electron chi connectivity index (χ3n) is 2.76. The van der Waals surface area contributed by atoms with Crippen LogP contribution < -0.4 is 5.73 Å². The first-order valence-electron chi connectivity index (χ1n) is 6.17. The van der Waals surface area contributed by atoms with Crippen LogP contribution in [0.4, 0.5) is 0 Å². The van der Waals surface area contributed by atoms with Crippen LogP contribution in [0.5, 0.6) is 0 Å². The van der Waals surface area contributed by atoms with Crippen LogP contribution in [0.3, 0.4) is 0 Å². The fourth-order valence-corrected chi connectivity index (χ4v) is 2.00. The van der Waals surface area contributed by atoms with E-state index in [9.17, 15) is 0 Å². The van der Waals surface area contributed by atoms with E-state index < -0.39 is 0 Å². The summed E-state index contributed by atoms with van der Waals surface area (Å²) in [6.45, 7) is 0.751. The Morgan fingerprint density at radius 2 is 2.00 bits per heavy atom. The lowest BCUT2D eigenvalue weighted by molar-refractivity contribution is 0.670. The van der Waals surface area contributed by atoms with Crippen molar-refractivity contribution >= 4 is 11.6 Å². The van der Waals surface area contributed by atoms with Gasteiger partial charge in [0.15, 0.2) is 5.82 Å². The normalized spacial score (nSPS) is 10.8. The molecule has 1 aromatic heterocycles. The average Bonchev–Trinajstić information content (AvgIpc) is 2.84. The second-order valence-corrected chi connectivity index (χ2v) is 4.59. The highest BCUT2D eigenvalue weighted by molar-refractivity contribution is 6.33. The molecule has 5 heteroatoms.